The Morgan fingerprint density at radius 2 is 2.43 bits per heavy atom. The standard InChI is InChI=1S/C10H11NO3/c1-6-10(14-7(2)12)9-8(13-6)4-3-5-11-9/h3-6,10H,1-2H3/t6-,10-/m1/s1. The van der Waals surface area contributed by atoms with Gasteiger partial charge in [0.2, 0.25) is 0 Å². The van der Waals surface area contributed by atoms with Crippen LogP contribution in [0.4, 0.5) is 0 Å². The zero-order chi connectivity index (χ0) is 10.1. The number of aromatic nitrogens is 1. The SMILES string of the molecule is CC(=O)O[C@H]1c2ncccc2O[C@@H]1C. The fourth-order valence-electron chi connectivity index (χ4n) is 1.53. The predicted molar refractivity (Wildman–Crippen MR) is 48.8 cm³/mol. The molecule has 14 heavy (non-hydrogen) atoms. The predicted octanol–water partition coefficient (Wildman–Crippen LogP) is 1.47. The third-order valence-electron chi connectivity index (χ3n) is 2.10. The first-order valence-corrected chi connectivity index (χ1v) is 4.47. The van der Waals surface area contributed by atoms with E-state index in [1.54, 1.807) is 12.3 Å². The van der Waals surface area contributed by atoms with E-state index >= 15 is 0 Å². The summed E-state index contributed by atoms with van der Waals surface area (Å²) in [5.41, 5.74) is 0.704. The molecule has 0 saturated heterocycles. The van der Waals surface area contributed by atoms with Gasteiger partial charge in [-0.3, -0.25) is 9.78 Å². The topological polar surface area (TPSA) is 48.4 Å². The Bertz CT molecular complexity index is 364. The van der Waals surface area contributed by atoms with Gasteiger partial charge in [0.05, 0.1) is 0 Å². The Morgan fingerprint density at radius 3 is 3.14 bits per heavy atom. The first-order valence-electron chi connectivity index (χ1n) is 4.47. The molecule has 1 aliphatic heterocycles. The number of pyridine rings is 1. The largest absolute Gasteiger partial charge is 0.484 e. The lowest BCUT2D eigenvalue weighted by atomic mass is 10.2. The molecular weight excluding hydrogens is 182 g/mol. The van der Waals surface area contributed by atoms with Crippen molar-refractivity contribution >= 4 is 5.97 Å². The number of fused-ring (bicyclic) bond motifs is 1. The monoisotopic (exact) mass is 193 g/mol. The van der Waals surface area contributed by atoms with Gasteiger partial charge in [-0.1, -0.05) is 0 Å². The van der Waals surface area contributed by atoms with Crippen molar-refractivity contribution in [3.8, 4) is 5.75 Å². The Balaban J connectivity index is 2.30. The minimum Gasteiger partial charge on any atom is -0.484 e. The van der Waals surface area contributed by atoms with Crippen LogP contribution in [0.3, 0.4) is 0 Å². The Kier molecular flexibility index (Phi) is 2.11. The molecule has 0 aliphatic carbocycles. The Morgan fingerprint density at radius 1 is 1.64 bits per heavy atom. The number of rotatable bonds is 1. The molecule has 2 rings (SSSR count). The fraction of sp³-hybridized carbons (Fsp3) is 0.400. The van der Waals surface area contributed by atoms with Crippen LogP contribution in [-0.4, -0.2) is 17.1 Å². The molecule has 4 heteroatoms. The molecule has 0 fully saturated rings. The summed E-state index contributed by atoms with van der Waals surface area (Å²) in [6.45, 7) is 3.24. The molecule has 2 heterocycles. The summed E-state index contributed by atoms with van der Waals surface area (Å²) in [6.07, 6.45) is 1.13. The third-order valence-corrected chi connectivity index (χ3v) is 2.10. The van der Waals surface area contributed by atoms with Crippen LogP contribution in [0.5, 0.6) is 5.75 Å². The molecular formula is C10H11NO3. The molecule has 1 aromatic rings. The van der Waals surface area contributed by atoms with Crippen LogP contribution in [0, 0.1) is 0 Å². The van der Waals surface area contributed by atoms with Crippen LogP contribution < -0.4 is 4.74 Å². The molecule has 1 aromatic heterocycles. The summed E-state index contributed by atoms with van der Waals surface area (Å²) in [4.78, 5) is 15.0. The van der Waals surface area contributed by atoms with Gasteiger partial charge in [-0.2, -0.15) is 0 Å². The van der Waals surface area contributed by atoms with Gasteiger partial charge in [0.1, 0.15) is 17.5 Å². The minimum absolute atomic E-state index is 0.163. The van der Waals surface area contributed by atoms with Crippen LogP contribution in [0.15, 0.2) is 18.3 Å². The smallest absolute Gasteiger partial charge is 0.303 e. The van der Waals surface area contributed by atoms with E-state index in [0.29, 0.717) is 11.4 Å². The van der Waals surface area contributed by atoms with Crippen molar-refractivity contribution in [2.24, 2.45) is 0 Å². The summed E-state index contributed by atoms with van der Waals surface area (Å²) in [6, 6.07) is 3.62. The van der Waals surface area contributed by atoms with Crippen LogP contribution in [0.1, 0.15) is 25.6 Å². The zero-order valence-electron chi connectivity index (χ0n) is 8.06. The summed E-state index contributed by atoms with van der Waals surface area (Å²) in [7, 11) is 0. The Labute approximate surface area is 81.9 Å². The molecule has 0 aromatic carbocycles. The van der Waals surface area contributed by atoms with E-state index in [0.717, 1.165) is 0 Å². The second-order valence-electron chi connectivity index (χ2n) is 3.24. The van der Waals surface area contributed by atoms with E-state index in [2.05, 4.69) is 4.98 Å². The van der Waals surface area contributed by atoms with Crippen LogP contribution >= 0.6 is 0 Å². The van der Waals surface area contributed by atoms with Gasteiger partial charge in [-0.25, -0.2) is 0 Å². The van der Waals surface area contributed by atoms with Gasteiger partial charge < -0.3 is 9.47 Å². The van der Waals surface area contributed by atoms with Crippen molar-refractivity contribution in [2.75, 3.05) is 0 Å². The van der Waals surface area contributed by atoms with E-state index in [-0.39, 0.29) is 18.2 Å². The van der Waals surface area contributed by atoms with Crippen LogP contribution in [0.2, 0.25) is 0 Å². The van der Waals surface area contributed by atoms with Crippen LogP contribution in [0.25, 0.3) is 0 Å². The van der Waals surface area contributed by atoms with Gasteiger partial charge in [-0.05, 0) is 19.1 Å². The maximum absolute atomic E-state index is 10.8. The van der Waals surface area contributed by atoms with E-state index < -0.39 is 0 Å². The molecule has 74 valence electrons. The highest BCUT2D eigenvalue weighted by molar-refractivity contribution is 5.66. The molecule has 4 nitrogen and oxygen atoms in total. The number of carbonyl (C=O) groups is 1. The number of hydrogen-bond donors (Lipinski definition) is 0. The molecule has 0 amide bonds. The number of nitrogens with zero attached hydrogens (tertiary/aromatic N) is 1. The normalized spacial score (nSPS) is 23.9. The second kappa shape index (κ2) is 3.29. The highest BCUT2D eigenvalue weighted by Crippen LogP contribution is 2.36. The summed E-state index contributed by atoms with van der Waals surface area (Å²) >= 11 is 0. The molecule has 0 saturated carbocycles. The maximum Gasteiger partial charge on any atom is 0.303 e. The van der Waals surface area contributed by atoms with Crippen molar-refractivity contribution in [1.29, 1.82) is 0 Å². The van der Waals surface area contributed by atoms with Crippen molar-refractivity contribution in [3.05, 3.63) is 24.0 Å². The third kappa shape index (κ3) is 1.43. The second-order valence-corrected chi connectivity index (χ2v) is 3.24. The van der Waals surface area contributed by atoms with E-state index in [1.165, 1.54) is 6.92 Å². The molecule has 0 unspecified atom stereocenters. The summed E-state index contributed by atoms with van der Waals surface area (Å²) in [5, 5.41) is 0. The minimum atomic E-state index is -0.372. The molecule has 0 N–H and O–H groups in total. The Hall–Kier alpha value is -1.58. The van der Waals surface area contributed by atoms with Crippen molar-refractivity contribution in [1.82, 2.24) is 4.98 Å². The average molecular weight is 193 g/mol. The summed E-state index contributed by atoms with van der Waals surface area (Å²) in [5.74, 6) is 0.384. The fourth-order valence-corrected chi connectivity index (χ4v) is 1.53. The zero-order valence-corrected chi connectivity index (χ0v) is 8.06. The highest BCUT2D eigenvalue weighted by atomic mass is 16.6. The van der Waals surface area contributed by atoms with E-state index in [4.69, 9.17) is 9.47 Å². The van der Waals surface area contributed by atoms with Gasteiger partial charge >= 0.3 is 5.97 Å². The molecule has 0 spiro atoms. The lowest BCUT2D eigenvalue weighted by Crippen LogP contribution is -2.19. The average Bonchev–Trinajstić information content (AvgIpc) is 2.43. The lowest BCUT2D eigenvalue weighted by molar-refractivity contribution is -0.149. The maximum atomic E-state index is 10.8. The van der Waals surface area contributed by atoms with E-state index in [9.17, 15) is 4.79 Å². The van der Waals surface area contributed by atoms with Crippen molar-refractivity contribution in [3.63, 3.8) is 0 Å². The summed E-state index contributed by atoms with van der Waals surface area (Å²) < 4.78 is 10.6. The highest BCUT2D eigenvalue weighted by Gasteiger charge is 2.34. The van der Waals surface area contributed by atoms with Gasteiger partial charge in [0.25, 0.3) is 0 Å². The quantitative estimate of drug-likeness (QED) is 0.633. The van der Waals surface area contributed by atoms with Gasteiger partial charge in [0.15, 0.2) is 6.10 Å². The number of hydrogen-bond acceptors (Lipinski definition) is 4. The molecule has 2 atom stereocenters. The van der Waals surface area contributed by atoms with Crippen molar-refractivity contribution < 1.29 is 14.3 Å². The van der Waals surface area contributed by atoms with E-state index in [1.807, 2.05) is 13.0 Å². The number of ether oxygens (including phenoxy) is 2. The first-order chi connectivity index (χ1) is 6.68. The molecule has 0 radical (unpaired) electrons. The lowest BCUT2D eigenvalue weighted by Gasteiger charge is -2.13. The van der Waals surface area contributed by atoms with Crippen LogP contribution in [-0.2, 0) is 9.53 Å². The first kappa shape index (κ1) is 8.99. The van der Waals surface area contributed by atoms with Crippen molar-refractivity contribution in [2.45, 2.75) is 26.1 Å². The van der Waals surface area contributed by atoms with Gasteiger partial charge in [0, 0.05) is 13.1 Å². The van der Waals surface area contributed by atoms with Gasteiger partial charge in [-0.15, -0.1) is 0 Å². The number of carbonyl (C=O) groups excluding carboxylic acids is 1. The number of esters is 1. The molecule has 0 bridgehead atoms. The molecule has 1 aliphatic rings.